The van der Waals surface area contributed by atoms with Crippen LogP contribution in [0.25, 0.3) is 0 Å². The van der Waals surface area contributed by atoms with E-state index in [0.717, 1.165) is 18.5 Å². The molecule has 0 aliphatic heterocycles. The molecule has 0 atom stereocenters. The van der Waals surface area contributed by atoms with Crippen molar-refractivity contribution in [1.29, 1.82) is 5.26 Å². The van der Waals surface area contributed by atoms with Gasteiger partial charge in [0, 0.05) is 19.3 Å². The number of primary sulfonamides is 1. The zero-order valence-corrected chi connectivity index (χ0v) is 13.0. The highest BCUT2D eigenvalue weighted by Gasteiger charge is 2.11. The Hall–Kier alpha value is -2.37. The number of nitrogens with one attached hydrogen (secondary N) is 1. The van der Waals surface area contributed by atoms with Crippen LogP contribution in [0.2, 0.25) is 0 Å². The highest BCUT2D eigenvalue weighted by atomic mass is 32.2. The summed E-state index contributed by atoms with van der Waals surface area (Å²) in [4.78, 5) is -0.0679. The largest absolute Gasteiger partial charge is 0.384 e. The van der Waals surface area contributed by atoms with Crippen molar-refractivity contribution in [3.63, 3.8) is 0 Å². The van der Waals surface area contributed by atoms with Crippen molar-refractivity contribution in [3.8, 4) is 6.07 Å². The van der Waals surface area contributed by atoms with Gasteiger partial charge in [0.25, 0.3) is 0 Å². The number of hydrogen-bond acceptors (Lipinski definition) is 5. The molecule has 0 spiro atoms. The first-order valence-corrected chi connectivity index (χ1v) is 8.24. The number of nitriles is 1. The van der Waals surface area contributed by atoms with Gasteiger partial charge in [0.2, 0.25) is 10.0 Å². The number of nitrogens with zero attached hydrogens (tertiary/aromatic N) is 3. The maximum atomic E-state index is 11.3. The second-order valence-corrected chi connectivity index (χ2v) is 6.49. The summed E-state index contributed by atoms with van der Waals surface area (Å²) in [5.41, 5.74) is 1.95. The Labute approximate surface area is 129 Å². The number of aromatic nitrogens is 2. The maximum absolute atomic E-state index is 11.3. The molecule has 0 aliphatic rings. The van der Waals surface area contributed by atoms with Crippen LogP contribution in [0.4, 0.5) is 5.69 Å². The summed E-state index contributed by atoms with van der Waals surface area (Å²) in [5.74, 6) is 0. The summed E-state index contributed by atoms with van der Waals surface area (Å²) in [6.45, 7) is 3.38. The average Bonchev–Trinajstić information content (AvgIpc) is 2.88. The van der Waals surface area contributed by atoms with Crippen LogP contribution in [0.15, 0.2) is 35.5 Å². The summed E-state index contributed by atoms with van der Waals surface area (Å²) in [6, 6.07) is 6.18. The number of nitrogens with two attached hydrogens (primary N) is 1. The molecule has 0 saturated heterocycles. The summed E-state index contributed by atoms with van der Waals surface area (Å²) in [7, 11) is -3.80. The molecule has 1 heterocycles. The van der Waals surface area contributed by atoms with Gasteiger partial charge in [-0.3, -0.25) is 4.68 Å². The Kier molecular flexibility index (Phi) is 4.80. The zero-order chi connectivity index (χ0) is 16.2. The monoisotopic (exact) mass is 319 g/mol. The molecule has 22 heavy (non-hydrogen) atoms. The summed E-state index contributed by atoms with van der Waals surface area (Å²) in [6.07, 6.45) is 4.58. The molecule has 3 N–H and O–H groups in total. The van der Waals surface area contributed by atoms with Gasteiger partial charge in [0.05, 0.1) is 22.3 Å². The van der Waals surface area contributed by atoms with E-state index in [2.05, 4.69) is 10.4 Å². The third-order valence-electron chi connectivity index (χ3n) is 3.08. The maximum Gasteiger partial charge on any atom is 0.238 e. The fourth-order valence-corrected chi connectivity index (χ4v) is 2.54. The van der Waals surface area contributed by atoms with Gasteiger partial charge >= 0.3 is 0 Å². The second kappa shape index (κ2) is 6.60. The smallest absolute Gasteiger partial charge is 0.238 e. The minimum absolute atomic E-state index is 0.0679. The van der Waals surface area contributed by atoms with Crippen LogP contribution in [0.1, 0.15) is 17.5 Å². The number of anilines is 1. The quantitative estimate of drug-likeness (QED) is 0.777. The normalized spacial score (nSPS) is 11.1. The molecule has 2 aromatic rings. The molecule has 8 heteroatoms. The first-order valence-electron chi connectivity index (χ1n) is 6.70. The molecule has 0 saturated carbocycles. The number of sulfonamides is 1. The van der Waals surface area contributed by atoms with Crippen molar-refractivity contribution in [3.05, 3.63) is 41.7 Å². The highest BCUT2D eigenvalue weighted by Crippen LogP contribution is 2.19. The van der Waals surface area contributed by atoms with Crippen molar-refractivity contribution in [2.75, 3.05) is 11.9 Å². The third kappa shape index (κ3) is 4.07. The molecule has 116 valence electrons. The number of hydrogen-bond donors (Lipinski definition) is 2. The standard InChI is InChI=1S/C14H17N5O2S/c1-11-9-18-19(10-11)6-2-5-17-14-4-3-13(22(16,20)21)7-12(14)8-15/h3-4,7,9-10,17H,2,5-6H2,1H3,(H2,16,20,21). The summed E-state index contributed by atoms with van der Waals surface area (Å²) >= 11 is 0. The summed E-state index contributed by atoms with van der Waals surface area (Å²) < 4.78 is 24.4. The van der Waals surface area contributed by atoms with Gasteiger partial charge < -0.3 is 5.32 Å². The Morgan fingerprint density at radius 3 is 2.82 bits per heavy atom. The lowest BCUT2D eigenvalue weighted by Crippen LogP contribution is -2.13. The molecular formula is C14H17N5O2S. The molecule has 0 amide bonds. The van der Waals surface area contributed by atoms with Crippen molar-refractivity contribution in [2.45, 2.75) is 24.8 Å². The molecular weight excluding hydrogens is 302 g/mol. The number of aryl methyl sites for hydroxylation is 2. The Morgan fingerprint density at radius 1 is 1.45 bits per heavy atom. The summed E-state index contributed by atoms with van der Waals surface area (Å²) in [5, 5.41) is 21.5. The third-order valence-corrected chi connectivity index (χ3v) is 3.99. The van der Waals surface area contributed by atoms with Crippen LogP contribution in [-0.4, -0.2) is 24.7 Å². The minimum atomic E-state index is -3.80. The minimum Gasteiger partial charge on any atom is -0.384 e. The zero-order valence-electron chi connectivity index (χ0n) is 12.2. The van der Waals surface area contributed by atoms with E-state index in [1.54, 1.807) is 12.3 Å². The van der Waals surface area contributed by atoms with Crippen LogP contribution in [0, 0.1) is 18.3 Å². The van der Waals surface area contributed by atoms with E-state index in [1.165, 1.54) is 12.1 Å². The SMILES string of the molecule is Cc1cnn(CCCNc2ccc(S(N)(=O)=O)cc2C#N)c1. The fraction of sp³-hybridized carbons (Fsp3) is 0.286. The van der Waals surface area contributed by atoms with Gasteiger partial charge in [-0.15, -0.1) is 0 Å². The molecule has 2 rings (SSSR count). The van der Waals surface area contributed by atoms with Crippen molar-refractivity contribution in [1.82, 2.24) is 9.78 Å². The first kappa shape index (κ1) is 16.0. The van der Waals surface area contributed by atoms with Gasteiger partial charge in [-0.05, 0) is 37.1 Å². The van der Waals surface area contributed by atoms with E-state index < -0.39 is 10.0 Å². The van der Waals surface area contributed by atoms with Crippen molar-refractivity contribution in [2.24, 2.45) is 5.14 Å². The van der Waals surface area contributed by atoms with Crippen LogP contribution in [0.3, 0.4) is 0 Å². The first-order chi connectivity index (χ1) is 10.4. The Morgan fingerprint density at radius 2 is 2.23 bits per heavy atom. The van der Waals surface area contributed by atoms with Crippen molar-refractivity contribution >= 4 is 15.7 Å². The fourth-order valence-electron chi connectivity index (χ4n) is 2.00. The van der Waals surface area contributed by atoms with Crippen LogP contribution in [0.5, 0.6) is 0 Å². The van der Waals surface area contributed by atoms with Gasteiger partial charge in [-0.1, -0.05) is 0 Å². The molecule has 0 unspecified atom stereocenters. The van der Waals surface area contributed by atoms with Crippen LogP contribution in [-0.2, 0) is 16.6 Å². The van der Waals surface area contributed by atoms with E-state index in [1.807, 2.05) is 23.9 Å². The van der Waals surface area contributed by atoms with E-state index in [0.29, 0.717) is 12.2 Å². The van der Waals surface area contributed by atoms with Gasteiger partial charge in [-0.2, -0.15) is 10.4 Å². The van der Waals surface area contributed by atoms with E-state index in [-0.39, 0.29) is 10.5 Å². The molecule has 0 radical (unpaired) electrons. The topological polar surface area (TPSA) is 114 Å². The van der Waals surface area contributed by atoms with E-state index in [9.17, 15) is 8.42 Å². The second-order valence-electron chi connectivity index (χ2n) is 4.93. The van der Waals surface area contributed by atoms with E-state index in [4.69, 9.17) is 10.4 Å². The predicted molar refractivity (Wildman–Crippen MR) is 82.6 cm³/mol. The number of rotatable bonds is 6. The molecule has 0 aliphatic carbocycles. The highest BCUT2D eigenvalue weighted by molar-refractivity contribution is 7.89. The number of benzene rings is 1. The van der Waals surface area contributed by atoms with Crippen molar-refractivity contribution < 1.29 is 8.42 Å². The molecule has 7 nitrogen and oxygen atoms in total. The van der Waals surface area contributed by atoms with Crippen LogP contribution < -0.4 is 10.5 Å². The Bertz CT molecular complexity index is 805. The predicted octanol–water partition coefficient (Wildman–Crippen LogP) is 1.21. The molecule has 1 aromatic carbocycles. The lowest BCUT2D eigenvalue weighted by atomic mass is 10.2. The molecule has 0 fully saturated rings. The average molecular weight is 319 g/mol. The Balaban J connectivity index is 1.97. The molecule has 0 bridgehead atoms. The van der Waals surface area contributed by atoms with Crippen LogP contribution >= 0.6 is 0 Å². The van der Waals surface area contributed by atoms with Gasteiger partial charge in [0.1, 0.15) is 6.07 Å². The lowest BCUT2D eigenvalue weighted by Gasteiger charge is -2.09. The van der Waals surface area contributed by atoms with Gasteiger partial charge in [-0.25, -0.2) is 13.6 Å². The lowest BCUT2D eigenvalue weighted by molar-refractivity contribution is 0.591. The van der Waals surface area contributed by atoms with Gasteiger partial charge in [0.15, 0.2) is 0 Å². The van der Waals surface area contributed by atoms with E-state index >= 15 is 0 Å². The molecule has 1 aromatic heterocycles.